The van der Waals surface area contributed by atoms with Crippen LogP contribution in [0.5, 0.6) is 0 Å². The minimum Gasteiger partial charge on any atom is -0.351 e. The maximum Gasteiger partial charge on any atom is 0.257 e. The van der Waals surface area contributed by atoms with Crippen LogP contribution in [0.1, 0.15) is 41.6 Å². The van der Waals surface area contributed by atoms with Gasteiger partial charge < -0.3 is 10.2 Å². The van der Waals surface area contributed by atoms with Crippen LogP contribution in [0.4, 0.5) is 0 Å². The smallest absolute Gasteiger partial charge is 0.257 e. The van der Waals surface area contributed by atoms with Crippen molar-refractivity contribution >= 4 is 11.8 Å². The Kier molecular flexibility index (Phi) is 5.35. The molecule has 3 aromatic rings. The molecule has 0 bridgehead atoms. The fourth-order valence-corrected chi connectivity index (χ4v) is 3.87. The number of nitrogens with zero attached hydrogens (tertiary/aromatic N) is 5. The summed E-state index contributed by atoms with van der Waals surface area (Å²) in [4.78, 5) is 31.3. The molecule has 2 unspecified atom stereocenters. The summed E-state index contributed by atoms with van der Waals surface area (Å²) in [6.45, 7) is 6.83. The van der Waals surface area contributed by atoms with Crippen LogP contribution in [0.25, 0.3) is 11.4 Å². The van der Waals surface area contributed by atoms with E-state index in [1.54, 1.807) is 15.8 Å². The topological polar surface area (TPSA) is 109 Å². The van der Waals surface area contributed by atoms with E-state index in [-0.39, 0.29) is 23.8 Å². The van der Waals surface area contributed by atoms with E-state index in [9.17, 15) is 9.59 Å². The molecule has 9 nitrogen and oxygen atoms in total. The highest BCUT2D eigenvalue weighted by atomic mass is 16.2. The van der Waals surface area contributed by atoms with E-state index in [4.69, 9.17) is 0 Å². The lowest BCUT2D eigenvalue weighted by Gasteiger charge is -2.16. The number of nitrogens with one attached hydrogen (secondary N) is 2. The quantitative estimate of drug-likeness (QED) is 0.670. The average Bonchev–Trinajstić information content (AvgIpc) is 3.46. The minimum absolute atomic E-state index is 0.0900. The van der Waals surface area contributed by atoms with Crippen molar-refractivity contribution in [1.29, 1.82) is 0 Å². The number of carbonyl (C=O) groups is 2. The van der Waals surface area contributed by atoms with Crippen LogP contribution in [0.3, 0.4) is 0 Å². The monoisotopic (exact) mass is 407 g/mol. The summed E-state index contributed by atoms with van der Waals surface area (Å²) in [6.07, 6.45) is 1.78. The Bertz CT molecular complexity index is 1060. The predicted octanol–water partition coefficient (Wildman–Crippen LogP) is 1.74. The molecule has 2 amide bonds. The molecule has 1 fully saturated rings. The molecule has 1 aliphatic rings. The summed E-state index contributed by atoms with van der Waals surface area (Å²) in [6, 6.07) is 9.44. The summed E-state index contributed by atoms with van der Waals surface area (Å²) in [7, 11) is 0. The number of benzene rings is 1. The van der Waals surface area contributed by atoms with Gasteiger partial charge in [-0.3, -0.25) is 19.4 Å². The van der Waals surface area contributed by atoms with E-state index in [0.29, 0.717) is 42.5 Å². The van der Waals surface area contributed by atoms with Crippen molar-refractivity contribution in [3.05, 3.63) is 53.6 Å². The van der Waals surface area contributed by atoms with Crippen molar-refractivity contribution in [2.75, 3.05) is 13.1 Å². The fourth-order valence-electron chi connectivity index (χ4n) is 3.87. The zero-order valence-electron chi connectivity index (χ0n) is 17.3. The molecule has 0 aliphatic carbocycles. The highest BCUT2D eigenvalue weighted by Gasteiger charge is 2.39. The first-order chi connectivity index (χ1) is 14.5. The lowest BCUT2D eigenvalue weighted by Crippen LogP contribution is -2.39. The normalized spacial score (nSPS) is 18.6. The SMILES string of the molecule is CCn1cc(C(=O)N2CC(NC(C)=O)C(c3nc(-c4ccccc4)n[nH]3)C2)c(C)n1. The Balaban J connectivity index is 1.59. The van der Waals surface area contributed by atoms with Crippen LogP contribution in [-0.2, 0) is 11.3 Å². The molecule has 30 heavy (non-hydrogen) atoms. The Labute approximate surface area is 174 Å². The van der Waals surface area contributed by atoms with Crippen LogP contribution in [-0.4, -0.2) is 60.8 Å². The molecule has 0 radical (unpaired) electrons. The number of amides is 2. The van der Waals surface area contributed by atoms with Gasteiger partial charge in [-0.05, 0) is 13.8 Å². The molecule has 0 saturated carbocycles. The number of hydrogen-bond acceptors (Lipinski definition) is 5. The lowest BCUT2D eigenvalue weighted by atomic mass is 10.0. The number of likely N-dealkylation sites (tertiary alicyclic amines) is 1. The zero-order chi connectivity index (χ0) is 21.3. The molecule has 1 aromatic carbocycles. The van der Waals surface area contributed by atoms with Gasteiger partial charge in [0.15, 0.2) is 5.82 Å². The van der Waals surface area contributed by atoms with E-state index in [1.165, 1.54) is 6.92 Å². The van der Waals surface area contributed by atoms with Crippen molar-refractivity contribution in [2.45, 2.75) is 39.3 Å². The van der Waals surface area contributed by atoms with Crippen LogP contribution in [0.2, 0.25) is 0 Å². The predicted molar refractivity (Wildman–Crippen MR) is 111 cm³/mol. The summed E-state index contributed by atoms with van der Waals surface area (Å²) < 4.78 is 1.75. The molecule has 1 saturated heterocycles. The number of aryl methyl sites for hydroxylation is 2. The largest absolute Gasteiger partial charge is 0.351 e. The first kappa shape index (κ1) is 19.8. The Morgan fingerprint density at radius 2 is 2.00 bits per heavy atom. The second-order valence-corrected chi connectivity index (χ2v) is 7.52. The Morgan fingerprint density at radius 1 is 1.23 bits per heavy atom. The van der Waals surface area contributed by atoms with Crippen molar-refractivity contribution in [3.8, 4) is 11.4 Å². The summed E-state index contributed by atoms with van der Waals surface area (Å²) in [5.74, 6) is 0.843. The molecule has 4 rings (SSSR count). The van der Waals surface area contributed by atoms with E-state index in [0.717, 1.165) is 5.56 Å². The van der Waals surface area contributed by atoms with Crippen LogP contribution in [0, 0.1) is 6.92 Å². The lowest BCUT2D eigenvalue weighted by molar-refractivity contribution is -0.119. The fraction of sp³-hybridized carbons (Fsp3) is 0.381. The van der Waals surface area contributed by atoms with Gasteiger partial charge in [-0.25, -0.2) is 4.98 Å². The highest BCUT2D eigenvalue weighted by Crippen LogP contribution is 2.28. The molecule has 156 valence electrons. The first-order valence-corrected chi connectivity index (χ1v) is 10.0. The Morgan fingerprint density at radius 3 is 2.67 bits per heavy atom. The number of aromatic nitrogens is 5. The van der Waals surface area contributed by atoms with Crippen LogP contribution in [0.15, 0.2) is 36.5 Å². The average molecular weight is 407 g/mol. The first-order valence-electron chi connectivity index (χ1n) is 10.0. The van der Waals surface area contributed by atoms with E-state index in [1.807, 2.05) is 44.2 Å². The number of H-pyrrole nitrogens is 1. The van der Waals surface area contributed by atoms with Gasteiger partial charge in [-0.2, -0.15) is 10.2 Å². The molecular formula is C21H25N7O2. The molecule has 0 spiro atoms. The van der Waals surface area contributed by atoms with Crippen molar-refractivity contribution in [3.63, 3.8) is 0 Å². The molecule has 3 heterocycles. The van der Waals surface area contributed by atoms with E-state index < -0.39 is 0 Å². The van der Waals surface area contributed by atoms with Gasteiger partial charge in [0.25, 0.3) is 5.91 Å². The second kappa shape index (κ2) is 8.10. The number of aromatic amines is 1. The van der Waals surface area contributed by atoms with Gasteiger partial charge in [0.1, 0.15) is 5.82 Å². The van der Waals surface area contributed by atoms with Gasteiger partial charge >= 0.3 is 0 Å². The van der Waals surface area contributed by atoms with Gasteiger partial charge in [0.05, 0.1) is 23.2 Å². The van der Waals surface area contributed by atoms with Gasteiger partial charge in [0, 0.05) is 38.3 Å². The highest BCUT2D eigenvalue weighted by molar-refractivity contribution is 5.95. The van der Waals surface area contributed by atoms with Crippen LogP contribution >= 0.6 is 0 Å². The molecule has 1 aliphatic heterocycles. The number of carbonyl (C=O) groups excluding carboxylic acids is 2. The van der Waals surface area contributed by atoms with Crippen molar-refractivity contribution in [1.82, 2.24) is 35.2 Å². The molecule has 2 N–H and O–H groups in total. The summed E-state index contributed by atoms with van der Waals surface area (Å²) >= 11 is 0. The maximum atomic E-state index is 13.1. The molecular weight excluding hydrogens is 382 g/mol. The third-order valence-electron chi connectivity index (χ3n) is 5.38. The Hall–Kier alpha value is -3.49. The number of hydrogen-bond donors (Lipinski definition) is 2. The minimum atomic E-state index is -0.246. The van der Waals surface area contributed by atoms with Crippen molar-refractivity contribution < 1.29 is 9.59 Å². The second-order valence-electron chi connectivity index (χ2n) is 7.52. The third-order valence-corrected chi connectivity index (χ3v) is 5.38. The third kappa shape index (κ3) is 3.83. The van der Waals surface area contributed by atoms with E-state index in [2.05, 4.69) is 25.6 Å². The van der Waals surface area contributed by atoms with Gasteiger partial charge in [0.2, 0.25) is 5.91 Å². The van der Waals surface area contributed by atoms with Crippen LogP contribution < -0.4 is 5.32 Å². The van der Waals surface area contributed by atoms with Gasteiger partial charge in [-0.15, -0.1) is 0 Å². The molecule has 2 atom stereocenters. The van der Waals surface area contributed by atoms with Crippen molar-refractivity contribution in [2.24, 2.45) is 0 Å². The molecule has 2 aromatic heterocycles. The number of rotatable bonds is 5. The maximum absolute atomic E-state index is 13.1. The zero-order valence-corrected chi connectivity index (χ0v) is 17.3. The summed E-state index contributed by atoms with van der Waals surface area (Å²) in [5.41, 5.74) is 2.19. The molecule has 9 heteroatoms. The van der Waals surface area contributed by atoms with Gasteiger partial charge in [-0.1, -0.05) is 30.3 Å². The standard InChI is InChI=1S/C21H25N7O2/c1-4-28-11-16(13(2)26-28)21(30)27-10-17(18(12-27)22-14(3)29)20-23-19(24-25-20)15-8-6-5-7-9-15/h5-9,11,17-18H,4,10,12H2,1-3H3,(H,22,29)(H,23,24,25). The van der Waals surface area contributed by atoms with E-state index >= 15 is 0 Å². The summed E-state index contributed by atoms with van der Waals surface area (Å²) in [5, 5.41) is 14.7.